The van der Waals surface area contributed by atoms with E-state index in [1.54, 1.807) is 24.4 Å². The first-order valence-corrected chi connectivity index (χ1v) is 9.14. The van der Waals surface area contributed by atoms with Gasteiger partial charge in [-0.15, -0.1) is 0 Å². The maximum atomic E-state index is 11.4. The maximum absolute atomic E-state index is 11.4. The van der Waals surface area contributed by atoms with Gasteiger partial charge in [0.05, 0.1) is 17.3 Å². The number of fused-ring (bicyclic) bond motifs is 1. The SMILES string of the molecule is O=c1[nH]c(O)c(/C=c2/cnn3c(=NC4CC4)nc(Nc4ccc(Cl)cn4)nc23)[nH]1. The topological polar surface area (TPSA) is 149 Å². The molecule has 0 bridgehead atoms. The molecule has 0 aliphatic heterocycles. The Hall–Kier alpha value is -3.73. The lowest BCUT2D eigenvalue weighted by Gasteiger charge is -2.04. The predicted molar refractivity (Wildman–Crippen MR) is 104 cm³/mol. The zero-order valence-corrected chi connectivity index (χ0v) is 15.6. The third kappa shape index (κ3) is 3.55. The molecule has 29 heavy (non-hydrogen) atoms. The Morgan fingerprint density at radius 1 is 1.28 bits per heavy atom. The zero-order chi connectivity index (χ0) is 20.0. The molecule has 4 aromatic heterocycles. The third-order valence-electron chi connectivity index (χ3n) is 4.23. The number of halogens is 1. The first kappa shape index (κ1) is 17.4. The van der Waals surface area contributed by atoms with Crippen LogP contribution in [0.2, 0.25) is 5.02 Å². The highest BCUT2D eigenvalue weighted by atomic mass is 35.5. The Balaban J connectivity index is 1.67. The van der Waals surface area contributed by atoms with Crippen molar-refractivity contribution in [1.29, 1.82) is 0 Å². The second-order valence-corrected chi connectivity index (χ2v) is 6.95. The van der Waals surface area contributed by atoms with Gasteiger partial charge in [-0.25, -0.2) is 14.8 Å². The number of aromatic nitrogens is 7. The molecule has 0 unspecified atom stereocenters. The summed E-state index contributed by atoms with van der Waals surface area (Å²) in [5.74, 6) is 0.539. The Morgan fingerprint density at radius 3 is 2.83 bits per heavy atom. The van der Waals surface area contributed by atoms with Gasteiger partial charge in [-0.05, 0) is 31.1 Å². The molecule has 0 atom stereocenters. The molecule has 1 aliphatic rings. The predicted octanol–water partition coefficient (Wildman–Crippen LogP) is 0.249. The van der Waals surface area contributed by atoms with Gasteiger partial charge in [0.15, 0.2) is 5.65 Å². The molecule has 1 saturated carbocycles. The van der Waals surface area contributed by atoms with E-state index in [1.165, 1.54) is 10.7 Å². The highest BCUT2D eigenvalue weighted by molar-refractivity contribution is 6.30. The van der Waals surface area contributed by atoms with E-state index in [0.717, 1.165) is 12.8 Å². The van der Waals surface area contributed by atoms with E-state index in [9.17, 15) is 9.90 Å². The van der Waals surface area contributed by atoms with Crippen LogP contribution in [0.25, 0.3) is 11.7 Å². The van der Waals surface area contributed by atoms with Crippen molar-refractivity contribution < 1.29 is 5.11 Å². The number of pyridine rings is 1. The molecule has 4 N–H and O–H groups in total. The van der Waals surface area contributed by atoms with E-state index < -0.39 is 5.69 Å². The van der Waals surface area contributed by atoms with E-state index in [2.05, 4.69) is 40.3 Å². The average molecular weight is 412 g/mol. The number of nitrogens with zero attached hydrogens (tertiary/aromatic N) is 6. The summed E-state index contributed by atoms with van der Waals surface area (Å²) >= 11 is 5.88. The molecule has 0 aromatic carbocycles. The Kier molecular flexibility index (Phi) is 4.02. The lowest BCUT2D eigenvalue weighted by molar-refractivity contribution is 0.454. The highest BCUT2D eigenvalue weighted by Crippen LogP contribution is 2.22. The standard InChI is InChI=1S/C17H14ClN9O2/c18-9-1-4-12(19-7-9)23-15-24-13-8(5-11-14(28)25-17(29)22-11)6-20-27(13)16(26-15)21-10-2-3-10/h1,4-7,10,28H,2-3H2,(H2,22,25,29)(H,19,21,23,26)/b8-5-. The molecule has 0 spiro atoms. The third-order valence-corrected chi connectivity index (χ3v) is 4.45. The normalized spacial score (nSPS) is 15.3. The summed E-state index contributed by atoms with van der Waals surface area (Å²) in [6.07, 6.45) is 6.65. The number of hydrogen-bond donors (Lipinski definition) is 4. The summed E-state index contributed by atoms with van der Waals surface area (Å²) in [6, 6.07) is 3.63. The fourth-order valence-corrected chi connectivity index (χ4v) is 2.81. The molecule has 0 radical (unpaired) electrons. The fourth-order valence-electron chi connectivity index (χ4n) is 2.70. The lowest BCUT2D eigenvalue weighted by Crippen LogP contribution is -2.24. The van der Waals surface area contributed by atoms with Gasteiger partial charge in [0, 0.05) is 11.4 Å². The van der Waals surface area contributed by atoms with Crippen molar-refractivity contribution in [2.75, 3.05) is 5.32 Å². The second-order valence-electron chi connectivity index (χ2n) is 6.52. The van der Waals surface area contributed by atoms with Crippen LogP contribution in [-0.4, -0.2) is 45.7 Å². The molecule has 4 aromatic rings. The number of imidazole rings is 1. The Morgan fingerprint density at radius 2 is 2.14 bits per heavy atom. The van der Waals surface area contributed by atoms with Gasteiger partial charge >= 0.3 is 5.69 Å². The van der Waals surface area contributed by atoms with Crippen LogP contribution in [0.15, 0.2) is 34.3 Å². The smallest absolute Gasteiger partial charge is 0.326 e. The minimum absolute atomic E-state index is 0.219. The van der Waals surface area contributed by atoms with Crippen molar-refractivity contribution in [3.8, 4) is 5.88 Å². The van der Waals surface area contributed by atoms with E-state index in [4.69, 9.17) is 11.6 Å². The van der Waals surface area contributed by atoms with Gasteiger partial charge in [-0.1, -0.05) is 11.6 Å². The average Bonchev–Trinajstić information content (AvgIpc) is 3.33. The molecule has 4 heterocycles. The van der Waals surface area contributed by atoms with Gasteiger partial charge in [0.25, 0.3) is 5.62 Å². The molecule has 1 fully saturated rings. The van der Waals surface area contributed by atoms with E-state index >= 15 is 0 Å². The first-order valence-electron chi connectivity index (χ1n) is 8.76. The molecule has 0 amide bonds. The molecule has 0 saturated heterocycles. The van der Waals surface area contributed by atoms with E-state index in [1.807, 2.05) is 0 Å². The summed E-state index contributed by atoms with van der Waals surface area (Å²) in [6.45, 7) is 0. The van der Waals surface area contributed by atoms with Gasteiger partial charge in [-0.3, -0.25) is 4.98 Å². The minimum Gasteiger partial charge on any atom is -0.493 e. The van der Waals surface area contributed by atoms with Crippen molar-refractivity contribution in [2.45, 2.75) is 18.9 Å². The second kappa shape index (κ2) is 6.71. The van der Waals surface area contributed by atoms with Gasteiger partial charge in [0.1, 0.15) is 11.5 Å². The van der Waals surface area contributed by atoms with Crippen molar-refractivity contribution >= 4 is 35.1 Å². The number of H-pyrrole nitrogens is 2. The summed E-state index contributed by atoms with van der Waals surface area (Å²) in [5.41, 5.74) is 0.566. The van der Waals surface area contributed by atoms with E-state index in [-0.39, 0.29) is 23.6 Å². The number of aromatic amines is 2. The number of rotatable bonds is 4. The molecule has 5 rings (SSSR count). The van der Waals surface area contributed by atoms with Crippen LogP contribution < -0.4 is 21.8 Å². The minimum atomic E-state index is -0.513. The summed E-state index contributed by atoms with van der Waals surface area (Å²) in [5, 5.41) is 18.3. The summed E-state index contributed by atoms with van der Waals surface area (Å²) < 4.78 is 1.52. The van der Waals surface area contributed by atoms with Crippen molar-refractivity contribution in [3.63, 3.8) is 0 Å². The van der Waals surface area contributed by atoms with Crippen LogP contribution in [0.1, 0.15) is 18.5 Å². The lowest BCUT2D eigenvalue weighted by atomic mass is 10.3. The molecule has 1 aliphatic carbocycles. The molecule has 12 heteroatoms. The Labute approximate surface area is 166 Å². The molecular formula is C17H14ClN9O2. The number of aromatic hydroxyl groups is 1. The fraction of sp³-hybridized carbons (Fsp3) is 0.176. The number of nitrogens with one attached hydrogen (secondary N) is 3. The van der Waals surface area contributed by atoms with Crippen LogP contribution in [0.3, 0.4) is 0 Å². The van der Waals surface area contributed by atoms with Crippen LogP contribution in [0.5, 0.6) is 5.88 Å². The molecule has 146 valence electrons. The number of hydrogen-bond acceptors (Lipinski definition) is 8. The zero-order valence-electron chi connectivity index (χ0n) is 14.8. The monoisotopic (exact) mass is 411 g/mol. The highest BCUT2D eigenvalue weighted by Gasteiger charge is 2.21. The summed E-state index contributed by atoms with van der Waals surface area (Å²) in [4.78, 5) is 33.9. The van der Waals surface area contributed by atoms with Crippen LogP contribution in [0.4, 0.5) is 11.8 Å². The van der Waals surface area contributed by atoms with E-state index in [0.29, 0.717) is 27.3 Å². The van der Waals surface area contributed by atoms with Crippen LogP contribution in [0, 0.1) is 0 Å². The maximum Gasteiger partial charge on any atom is 0.326 e. The van der Waals surface area contributed by atoms with Gasteiger partial charge < -0.3 is 15.4 Å². The molecule has 11 nitrogen and oxygen atoms in total. The first-order chi connectivity index (χ1) is 14.0. The van der Waals surface area contributed by atoms with Gasteiger partial charge in [0.2, 0.25) is 11.8 Å². The Bertz CT molecular complexity index is 1380. The number of anilines is 2. The quantitative estimate of drug-likeness (QED) is 0.376. The molecular weight excluding hydrogens is 398 g/mol. The summed E-state index contributed by atoms with van der Waals surface area (Å²) in [7, 11) is 0. The van der Waals surface area contributed by atoms with Crippen LogP contribution >= 0.6 is 11.6 Å². The van der Waals surface area contributed by atoms with Crippen LogP contribution in [-0.2, 0) is 0 Å². The van der Waals surface area contributed by atoms with Crippen molar-refractivity contribution in [1.82, 2.24) is 34.5 Å². The van der Waals surface area contributed by atoms with Crippen molar-refractivity contribution in [3.05, 3.63) is 56.6 Å². The van der Waals surface area contributed by atoms with Gasteiger partial charge in [-0.2, -0.15) is 19.6 Å². The largest absolute Gasteiger partial charge is 0.493 e. The van der Waals surface area contributed by atoms with Crippen molar-refractivity contribution in [2.24, 2.45) is 4.99 Å².